The van der Waals surface area contributed by atoms with Crippen LogP contribution in [0.15, 0.2) is 23.1 Å². The van der Waals surface area contributed by atoms with Gasteiger partial charge in [0.25, 0.3) is 5.91 Å². The quantitative estimate of drug-likeness (QED) is 0.791. The lowest BCUT2D eigenvalue weighted by atomic mass is 10.0. The van der Waals surface area contributed by atoms with Gasteiger partial charge in [-0.1, -0.05) is 6.92 Å². The van der Waals surface area contributed by atoms with Gasteiger partial charge in [-0.2, -0.15) is 4.31 Å². The lowest BCUT2D eigenvalue weighted by Crippen LogP contribution is -2.42. The number of carbonyl (C=O) groups is 1. The van der Waals surface area contributed by atoms with Crippen LogP contribution in [0, 0.1) is 12.8 Å². The first-order chi connectivity index (χ1) is 13.5. The molecule has 1 aliphatic rings. The van der Waals surface area contributed by atoms with E-state index < -0.39 is 10.0 Å². The van der Waals surface area contributed by atoms with Gasteiger partial charge in [-0.3, -0.25) is 4.79 Å². The highest BCUT2D eigenvalue weighted by Crippen LogP contribution is 2.29. The first-order valence-corrected chi connectivity index (χ1v) is 11.9. The molecule has 1 saturated heterocycles. The summed E-state index contributed by atoms with van der Waals surface area (Å²) in [6.07, 6.45) is 1.78. The Kier molecular flexibility index (Phi) is 6.11. The van der Waals surface area contributed by atoms with Crippen molar-refractivity contribution in [2.75, 3.05) is 13.1 Å². The minimum absolute atomic E-state index is 0.0573. The Morgan fingerprint density at radius 2 is 1.72 bits per heavy atom. The molecule has 0 aliphatic carbocycles. The maximum Gasteiger partial charge on any atom is 0.271 e. The number of sulfonamides is 1. The molecule has 1 aliphatic heterocycles. The number of nitrogens with one attached hydrogen (secondary N) is 1. The van der Waals surface area contributed by atoms with Gasteiger partial charge in [0.1, 0.15) is 5.69 Å². The molecule has 2 aromatic rings. The molecule has 7 heteroatoms. The van der Waals surface area contributed by atoms with E-state index >= 15 is 0 Å². The fourth-order valence-electron chi connectivity index (χ4n) is 4.25. The van der Waals surface area contributed by atoms with Crippen LogP contribution in [0.2, 0.25) is 0 Å². The smallest absolute Gasteiger partial charge is 0.271 e. The molecule has 1 amide bonds. The van der Waals surface area contributed by atoms with Gasteiger partial charge in [-0.25, -0.2) is 8.42 Å². The van der Waals surface area contributed by atoms with Crippen LogP contribution in [0.1, 0.15) is 63.5 Å². The Balaban J connectivity index is 1.99. The van der Waals surface area contributed by atoms with E-state index in [9.17, 15) is 13.2 Å². The van der Waals surface area contributed by atoms with Crippen molar-refractivity contribution in [3.63, 3.8) is 0 Å². The van der Waals surface area contributed by atoms with E-state index in [4.69, 9.17) is 0 Å². The number of amides is 1. The van der Waals surface area contributed by atoms with Gasteiger partial charge in [0.05, 0.1) is 4.90 Å². The fourth-order valence-corrected chi connectivity index (χ4v) is 5.75. The number of benzene rings is 1. The molecule has 1 fully saturated rings. The van der Waals surface area contributed by atoms with Gasteiger partial charge < -0.3 is 9.88 Å². The van der Waals surface area contributed by atoms with Gasteiger partial charge in [-0.05, 0) is 77.1 Å². The van der Waals surface area contributed by atoms with Crippen molar-refractivity contribution < 1.29 is 13.2 Å². The third-order valence-corrected chi connectivity index (χ3v) is 7.87. The molecule has 0 saturated carbocycles. The minimum atomic E-state index is -3.52. The van der Waals surface area contributed by atoms with E-state index in [0.29, 0.717) is 29.6 Å². The minimum Gasteiger partial charge on any atom is -0.350 e. The molecule has 1 aromatic heterocycles. The average molecular weight is 420 g/mol. The summed E-state index contributed by atoms with van der Waals surface area (Å²) in [6.45, 7) is 13.2. The first kappa shape index (κ1) is 21.8. The van der Waals surface area contributed by atoms with Crippen molar-refractivity contribution in [3.05, 3.63) is 29.5 Å². The zero-order valence-corrected chi connectivity index (χ0v) is 19.1. The molecule has 0 atom stereocenters. The van der Waals surface area contributed by atoms with Crippen molar-refractivity contribution in [2.24, 2.45) is 5.92 Å². The molecule has 2 heterocycles. The largest absolute Gasteiger partial charge is 0.350 e. The Labute approximate surface area is 174 Å². The molecule has 1 aromatic carbocycles. The summed E-state index contributed by atoms with van der Waals surface area (Å²) in [7, 11) is -3.52. The predicted molar refractivity (Wildman–Crippen MR) is 117 cm³/mol. The van der Waals surface area contributed by atoms with Crippen LogP contribution < -0.4 is 0 Å². The summed E-state index contributed by atoms with van der Waals surface area (Å²) in [6, 6.07) is 5.27. The molecule has 1 N–H and O–H groups in total. The third-order valence-electron chi connectivity index (χ3n) is 5.97. The van der Waals surface area contributed by atoms with Crippen molar-refractivity contribution in [3.8, 4) is 0 Å². The van der Waals surface area contributed by atoms with E-state index in [1.165, 1.54) is 0 Å². The standard InChI is InChI=1S/C22H33N3O3S/c1-14(2)25(15(3)4)22(26)21-17(6)19-13-18(7-8-20(19)23-21)29(27,28)24-11-9-16(5)10-12-24/h7-8,13-16,23H,9-12H2,1-6H3. The van der Waals surface area contributed by atoms with Crippen LogP contribution in [-0.4, -0.2) is 53.7 Å². The topological polar surface area (TPSA) is 73.5 Å². The van der Waals surface area contributed by atoms with Crippen molar-refractivity contribution >= 4 is 26.8 Å². The normalized spacial score (nSPS) is 16.8. The van der Waals surface area contributed by atoms with Crippen LogP contribution in [-0.2, 0) is 10.0 Å². The maximum absolute atomic E-state index is 13.1. The lowest BCUT2D eigenvalue weighted by Gasteiger charge is -2.30. The fraction of sp³-hybridized carbons (Fsp3) is 0.591. The summed E-state index contributed by atoms with van der Waals surface area (Å²) in [5.74, 6) is 0.507. The van der Waals surface area contributed by atoms with Crippen LogP contribution in [0.5, 0.6) is 0 Å². The summed E-state index contributed by atoms with van der Waals surface area (Å²) in [5.41, 5.74) is 2.11. The molecule has 0 unspecified atom stereocenters. The summed E-state index contributed by atoms with van der Waals surface area (Å²) in [5, 5.41) is 0.785. The van der Waals surface area contributed by atoms with E-state index in [1.807, 2.05) is 39.5 Å². The van der Waals surface area contributed by atoms with Crippen molar-refractivity contribution in [1.82, 2.24) is 14.2 Å². The number of piperidine rings is 1. The monoisotopic (exact) mass is 419 g/mol. The summed E-state index contributed by atoms with van der Waals surface area (Å²) >= 11 is 0. The molecular weight excluding hydrogens is 386 g/mol. The summed E-state index contributed by atoms with van der Waals surface area (Å²) in [4.78, 5) is 18.5. The van der Waals surface area contributed by atoms with Gasteiger partial charge in [0.15, 0.2) is 0 Å². The molecule has 160 valence electrons. The molecular formula is C22H33N3O3S. The third kappa shape index (κ3) is 4.08. The molecule has 0 bridgehead atoms. The number of nitrogens with zero attached hydrogens (tertiary/aromatic N) is 2. The average Bonchev–Trinajstić information content (AvgIpc) is 2.97. The molecule has 6 nitrogen and oxygen atoms in total. The van der Waals surface area contributed by atoms with Crippen LogP contribution in [0.4, 0.5) is 0 Å². The van der Waals surface area contributed by atoms with Crippen molar-refractivity contribution in [1.29, 1.82) is 0 Å². The molecule has 0 spiro atoms. The highest BCUT2D eigenvalue weighted by molar-refractivity contribution is 7.89. The SMILES string of the molecule is Cc1c(C(=O)N(C(C)C)C(C)C)[nH]c2ccc(S(=O)(=O)N3CCC(C)CC3)cc12. The number of H-pyrrole nitrogens is 1. The number of aryl methyl sites for hydroxylation is 1. The van der Waals surface area contributed by atoms with E-state index in [-0.39, 0.29) is 18.0 Å². The van der Waals surface area contributed by atoms with E-state index in [1.54, 1.807) is 22.5 Å². The second kappa shape index (κ2) is 8.11. The zero-order chi connectivity index (χ0) is 21.5. The highest BCUT2D eigenvalue weighted by atomic mass is 32.2. The Bertz CT molecular complexity index is 992. The number of carbonyl (C=O) groups excluding carboxylic acids is 1. The van der Waals surface area contributed by atoms with Gasteiger partial charge in [-0.15, -0.1) is 0 Å². The van der Waals surface area contributed by atoms with Gasteiger partial charge in [0, 0.05) is 36.1 Å². The Hall–Kier alpha value is -1.86. The molecule has 29 heavy (non-hydrogen) atoms. The predicted octanol–water partition coefficient (Wildman–Crippen LogP) is 4.16. The first-order valence-electron chi connectivity index (χ1n) is 10.5. The van der Waals surface area contributed by atoms with Crippen LogP contribution >= 0.6 is 0 Å². The van der Waals surface area contributed by atoms with E-state index in [2.05, 4.69) is 11.9 Å². The van der Waals surface area contributed by atoms with Crippen molar-refractivity contribution in [2.45, 2.75) is 71.4 Å². The number of fused-ring (bicyclic) bond motifs is 1. The summed E-state index contributed by atoms with van der Waals surface area (Å²) < 4.78 is 27.8. The van der Waals surface area contributed by atoms with E-state index in [0.717, 1.165) is 29.3 Å². The number of aromatic nitrogens is 1. The Morgan fingerprint density at radius 3 is 2.28 bits per heavy atom. The maximum atomic E-state index is 13.1. The second-order valence-corrected chi connectivity index (χ2v) is 10.8. The molecule has 3 rings (SSSR count). The van der Waals surface area contributed by atoms with Gasteiger partial charge >= 0.3 is 0 Å². The van der Waals surface area contributed by atoms with Crippen LogP contribution in [0.25, 0.3) is 10.9 Å². The number of aromatic amines is 1. The number of rotatable bonds is 5. The van der Waals surface area contributed by atoms with Crippen LogP contribution in [0.3, 0.4) is 0 Å². The second-order valence-electron chi connectivity index (χ2n) is 8.82. The number of hydrogen-bond acceptors (Lipinski definition) is 3. The highest BCUT2D eigenvalue weighted by Gasteiger charge is 2.29. The zero-order valence-electron chi connectivity index (χ0n) is 18.3. The molecule has 0 radical (unpaired) electrons. The number of hydrogen-bond donors (Lipinski definition) is 1. The van der Waals surface area contributed by atoms with Gasteiger partial charge in [0.2, 0.25) is 10.0 Å². The lowest BCUT2D eigenvalue weighted by molar-refractivity contribution is 0.0638. The Morgan fingerprint density at radius 1 is 1.14 bits per heavy atom.